The fraction of sp³-hybridized carbons (Fsp3) is 0.500. The summed E-state index contributed by atoms with van der Waals surface area (Å²) in [6, 6.07) is 7.50. The van der Waals surface area contributed by atoms with Crippen LogP contribution in [0, 0.1) is 0 Å². The first kappa shape index (κ1) is 18.0. The quantitative estimate of drug-likeness (QED) is 0.370. The molecule has 6 nitrogen and oxygen atoms in total. The van der Waals surface area contributed by atoms with Crippen LogP contribution in [0.2, 0.25) is 0 Å². The number of unbranched alkanes of at least 4 members (excludes halogenated alkanes) is 3. The minimum Gasteiger partial charge on any atom is -0.377 e. The van der Waals surface area contributed by atoms with Crippen molar-refractivity contribution in [2.24, 2.45) is 0 Å². The van der Waals surface area contributed by atoms with E-state index in [0.29, 0.717) is 18.5 Å². The predicted molar refractivity (Wildman–Crippen MR) is 86.1 cm³/mol. The molecule has 2 amide bonds. The fourth-order valence-electron chi connectivity index (χ4n) is 2.17. The summed E-state index contributed by atoms with van der Waals surface area (Å²) >= 11 is 0. The smallest absolute Gasteiger partial charge is 0.253 e. The largest absolute Gasteiger partial charge is 0.377 e. The number of anilines is 1. The Kier molecular flexibility index (Phi) is 7.99. The lowest BCUT2D eigenvalue weighted by molar-refractivity contribution is -0.129. The molecule has 6 heteroatoms. The first-order chi connectivity index (χ1) is 10.6. The number of hydroxylamine groups is 1. The van der Waals surface area contributed by atoms with Crippen molar-refractivity contribution >= 4 is 17.5 Å². The number of rotatable bonds is 9. The minimum absolute atomic E-state index is 0.0658. The Hall–Kier alpha value is -2.08. The van der Waals surface area contributed by atoms with Gasteiger partial charge >= 0.3 is 0 Å². The maximum Gasteiger partial charge on any atom is 0.253 e. The van der Waals surface area contributed by atoms with E-state index in [0.717, 1.165) is 31.4 Å². The third kappa shape index (κ3) is 6.13. The van der Waals surface area contributed by atoms with Crippen molar-refractivity contribution in [1.82, 2.24) is 10.8 Å². The second-order valence-corrected chi connectivity index (χ2v) is 5.37. The van der Waals surface area contributed by atoms with E-state index >= 15 is 0 Å². The van der Waals surface area contributed by atoms with Crippen LogP contribution in [0.1, 0.15) is 42.5 Å². The lowest BCUT2D eigenvalue weighted by Crippen LogP contribution is -2.26. The summed E-state index contributed by atoms with van der Waals surface area (Å²) in [6.45, 7) is 0.618. The first-order valence-corrected chi connectivity index (χ1v) is 7.53. The second-order valence-electron chi connectivity index (χ2n) is 5.37. The van der Waals surface area contributed by atoms with Crippen molar-refractivity contribution in [3.63, 3.8) is 0 Å². The van der Waals surface area contributed by atoms with Crippen LogP contribution >= 0.6 is 0 Å². The molecule has 0 aliphatic rings. The van der Waals surface area contributed by atoms with Crippen LogP contribution in [0.25, 0.3) is 0 Å². The van der Waals surface area contributed by atoms with Crippen LogP contribution in [0.15, 0.2) is 24.3 Å². The molecule has 3 N–H and O–H groups in total. The van der Waals surface area contributed by atoms with Crippen molar-refractivity contribution in [2.75, 3.05) is 25.5 Å². The Labute approximate surface area is 131 Å². The normalized spacial score (nSPS) is 10.1. The van der Waals surface area contributed by atoms with Crippen molar-refractivity contribution in [3.05, 3.63) is 29.8 Å². The molecule has 0 fully saturated rings. The maximum atomic E-state index is 12.2. The van der Waals surface area contributed by atoms with Crippen LogP contribution in [0.3, 0.4) is 0 Å². The molecule has 0 aliphatic carbocycles. The van der Waals surface area contributed by atoms with Gasteiger partial charge in [-0.05, 0) is 25.0 Å². The Balaban J connectivity index is 2.25. The van der Waals surface area contributed by atoms with Gasteiger partial charge in [-0.25, -0.2) is 5.48 Å². The number of nitrogens with zero attached hydrogens (tertiary/aromatic N) is 1. The summed E-state index contributed by atoms with van der Waals surface area (Å²) in [7, 11) is 3.82. The average molecular weight is 307 g/mol. The van der Waals surface area contributed by atoms with Gasteiger partial charge in [-0.2, -0.15) is 0 Å². The zero-order valence-electron chi connectivity index (χ0n) is 13.3. The van der Waals surface area contributed by atoms with Gasteiger partial charge in [-0.15, -0.1) is 0 Å². The van der Waals surface area contributed by atoms with Gasteiger partial charge in [0, 0.05) is 32.7 Å². The molecule has 0 saturated carbocycles. The Bertz CT molecular complexity index is 489. The van der Waals surface area contributed by atoms with Gasteiger partial charge in [0.15, 0.2) is 0 Å². The van der Waals surface area contributed by atoms with E-state index < -0.39 is 0 Å². The summed E-state index contributed by atoms with van der Waals surface area (Å²) in [5.74, 6) is -0.419. The Morgan fingerprint density at radius 1 is 1.09 bits per heavy atom. The fourth-order valence-corrected chi connectivity index (χ4v) is 2.17. The van der Waals surface area contributed by atoms with Gasteiger partial charge in [0.2, 0.25) is 5.91 Å². The average Bonchev–Trinajstić information content (AvgIpc) is 2.53. The summed E-state index contributed by atoms with van der Waals surface area (Å²) in [5.41, 5.74) is 3.19. The molecule has 0 atom stereocenters. The molecule has 22 heavy (non-hydrogen) atoms. The maximum absolute atomic E-state index is 12.2. The van der Waals surface area contributed by atoms with Crippen molar-refractivity contribution in [1.29, 1.82) is 0 Å². The lowest BCUT2D eigenvalue weighted by Gasteiger charge is -2.16. The van der Waals surface area contributed by atoms with Crippen LogP contribution in [0.5, 0.6) is 0 Å². The molecule has 0 bridgehead atoms. The van der Waals surface area contributed by atoms with E-state index in [4.69, 9.17) is 5.21 Å². The van der Waals surface area contributed by atoms with Crippen LogP contribution in [-0.2, 0) is 4.79 Å². The minimum atomic E-state index is -0.353. The number of hydrogen-bond acceptors (Lipinski definition) is 4. The number of amides is 2. The standard InChI is InChI=1S/C16H25N3O3/c1-19(2)14-10-7-6-9-13(14)16(21)17-12-8-4-3-5-11-15(20)18-22/h6-7,9-10,22H,3-5,8,11-12H2,1-2H3,(H,17,21)(H,18,20). The molecule has 0 aromatic heterocycles. The zero-order valence-corrected chi connectivity index (χ0v) is 13.3. The molecule has 0 aliphatic heterocycles. The highest BCUT2D eigenvalue weighted by atomic mass is 16.5. The monoisotopic (exact) mass is 307 g/mol. The lowest BCUT2D eigenvalue weighted by atomic mass is 10.1. The Morgan fingerprint density at radius 2 is 1.77 bits per heavy atom. The SMILES string of the molecule is CN(C)c1ccccc1C(=O)NCCCCCCC(=O)NO. The third-order valence-electron chi connectivity index (χ3n) is 3.37. The molecule has 0 spiro atoms. The van der Waals surface area contributed by atoms with Gasteiger partial charge in [0.1, 0.15) is 0 Å². The molecule has 0 radical (unpaired) electrons. The molecule has 1 aromatic carbocycles. The Morgan fingerprint density at radius 3 is 2.45 bits per heavy atom. The molecule has 0 unspecified atom stereocenters. The van der Waals surface area contributed by atoms with E-state index in [-0.39, 0.29) is 11.8 Å². The van der Waals surface area contributed by atoms with Crippen LogP contribution in [-0.4, -0.2) is 37.7 Å². The van der Waals surface area contributed by atoms with E-state index in [1.165, 1.54) is 0 Å². The van der Waals surface area contributed by atoms with E-state index in [1.54, 1.807) is 5.48 Å². The van der Waals surface area contributed by atoms with Crippen LogP contribution in [0.4, 0.5) is 5.69 Å². The summed E-state index contributed by atoms with van der Waals surface area (Å²) in [6.07, 6.45) is 3.78. The molecule has 1 aromatic rings. The third-order valence-corrected chi connectivity index (χ3v) is 3.37. The number of carbonyl (C=O) groups excluding carboxylic acids is 2. The van der Waals surface area contributed by atoms with Gasteiger partial charge < -0.3 is 10.2 Å². The highest BCUT2D eigenvalue weighted by Crippen LogP contribution is 2.17. The van der Waals surface area contributed by atoms with Gasteiger partial charge in [-0.1, -0.05) is 25.0 Å². The van der Waals surface area contributed by atoms with Crippen molar-refractivity contribution < 1.29 is 14.8 Å². The topological polar surface area (TPSA) is 81.7 Å². The number of hydrogen-bond donors (Lipinski definition) is 3. The highest BCUT2D eigenvalue weighted by molar-refractivity contribution is 5.99. The molecule has 0 heterocycles. The molecule has 122 valence electrons. The highest BCUT2D eigenvalue weighted by Gasteiger charge is 2.11. The van der Waals surface area contributed by atoms with Gasteiger partial charge in [-0.3, -0.25) is 14.8 Å². The predicted octanol–water partition coefficient (Wildman–Crippen LogP) is 1.94. The molecular formula is C16H25N3O3. The van der Waals surface area contributed by atoms with E-state index in [9.17, 15) is 9.59 Å². The van der Waals surface area contributed by atoms with Crippen molar-refractivity contribution in [2.45, 2.75) is 32.1 Å². The number of nitrogens with one attached hydrogen (secondary N) is 2. The molecule has 1 rings (SSSR count). The van der Waals surface area contributed by atoms with Crippen LogP contribution < -0.4 is 15.7 Å². The number of benzene rings is 1. The second kappa shape index (κ2) is 9.78. The first-order valence-electron chi connectivity index (χ1n) is 7.53. The summed E-state index contributed by atoms with van der Waals surface area (Å²) in [5, 5.41) is 11.3. The number of carbonyl (C=O) groups is 2. The van der Waals surface area contributed by atoms with Gasteiger partial charge in [0.05, 0.1) is 5.56 Å². The van der Waals surface area contributed by atoms with Crippen molar-refractivity contribution in [3.8, 4) is 0 Å². The van der Waals surface area contributed by atoms with E-state index in [1.807, 2.05) is 43.3 Å². The van der Waals surface area contributed by atoms with Gasteiger partial charge in [0.25, 0.3) is 5.91 Å². The molecular weight excluding hydrogens is 282 g/mol. The zero-order chi connectivity index (χ0) is 16.4. The summed E-state index contributed by atoms with van der Waals surface area (Å²) < 4.78 is 0. The number of para-hydroxylation sites is 1. The van der Waals surface area contributed by atoms with E-state index in [2.05, 4.69) is 5.32 Å². The summed E-state index contributed by atoms with van der Waals surface area (Å²) in [4.78, 5) is 24.9. The molecule has 0 saturated heterocycles.